The lowest BCUT2D eigenvalue weighted by atomic mass is 10.0. The molecule has 4 aromatic heterocycles. The van der Waals surface area contributed by atoms with Crippen LogP contribution in [0.1, 0.15) is 137 Å². The fraction of sp³-hybridized carbons (Fsp3) is 0.371. The number of benzene rings is 4. The van der Waals surface area contributed by atoms with Crippen LogP contribution in [0.5, 0.6) is 23.0 Å². The van der Waals surface area contributed by atoms with Crippen molar-refractivity contribution in [3.05, 3.63) is 212 Å². The maximum absolute atomic E-state index is 11.6. The summed E-state index contributed by atoms with van der Waals surface area (Å²) in [4.78, 5) is 17.7. The number of hydrogen-bond donors (Lipinski definition) is 4. The highest BCUT2D eigenvalue weighted by Crippen LogP contribution is 2.31. The van der Waals surface area contributed by atoms with E-state index in [-0.39, 0.29) is 31.8 Å². The van der Waals surface area contributed by atoms with Crippen LogP contribution in [-0.4, -0.2) is 119 Å². The lowest BCUT2D eigenvalue weighted by molar-refractivity contribution is 0.222. The molecule has 0 unspecified atom stereocenters. The van der Waals surface area contributed by atoms with Gasteiger partial charge in [0.1, 0.15) is 49.4 Å². The number of H-pyrrole nitrogens is 4. The van der Waals surface area contributed by atoms with Gasteiger partial charge in [-0.15, -0.1) is 23.2 Å². The van der Waals surface area contributed by atoms with Gasteiger partial charge in [0.05, 0.1) is 31.1 Å². The van der Waals surface area contributed by atoms with E-state index >= 15 is 0 Å². The number of alkyl halides is 2. The number of fused-ring (bicyclic) bond motifs is 8. The first-order chi connectivity index (χ1) is 43.1. The van der Waals surface area contributed by atoms with Gasteiger partial charge in [0, 0.05) is 66.5 Å². The molecule has 1 aliphatic heterocycles. The Morgan fingerprint density at radius 3 is 0.888 bits per heavy atom. The smallest absolute Gasteiger partial charge is 0.264 e. The maximum Gasteiger partial charge on any atom is 0.264 e. The van der Waals surface area contributed by atoms with E-state index in [0.29, 0.717) is 24.7 Å². The molecule has 0 fully saturated rings. The molecule has 0 aliphatic carbocycles. The first kappa shape index (κ1) is 69.5. The van der Waals surface area contributed by atoms with Gasteiger partial charge in [0.15, 0.2) is 0 Å². The minimum Gasteiger partial charge on any atom is -0.494 e. The van der Waals surface area contributed by atoms with Crippen molar-refractivity contribution in [1.82, 2.24) is 24.8 Å². The average molecular weight is 1290 g/mol. The highest BCUT2D eigenvalue weighted by Gasteiger charge is 2.20. The Morgan fingerprint density at radius 2 is 0.618 bits per heavy atom. The Labute approximate surface area is 536 Å². The van der Waals surface area contributed by atoms with E-state index in [1.165, 1.54) is 58.2 Å². The number of ether oxygens (including phenoxy) is 4. The SMILES string of the molecule is CCCCCCCCCCOc1ccc(C2=c3ccc([nH]3)=C(c3ccc(OCCOS(C)(=O)=O)cc3)c3ccc([nH]3)C(c3ccc(OCCC)cc3)=c3ccc([nH]3)=C(c3ccc(OCCOS(C)(=O)=O)cc3)c3ccc2[nH]3)cc1.CCN(CC)CC.ClCCl. The van der Waals surface area contributed by atoms with Crippen LogP contribution in [0.3, 0.4) is 0 Å². The molecule has 4 N–H and O–H groups in total. The van der Waals surface area contributed by atoms with Crippen molar-refractivity contribution >= 4 is 65.7 Å². The molecule has 4 aromatic carbocycles. The van der Waals surface area contributed by atoms with Crippen molar-refractivity contribution in [2.75, 3.05) is 77.1 Å². The Balaban J connectivity index is 0.00000104. The molecule has 19 heteroatoms. The molecule has 15 nitrogen and oxygen atoms in total. The molecule has 0 saturated heterocycles. The lowest BCUT2D eigenvalue weighted by Gasteiger charge is -2.13. The first-order valence-corrected chi connectivity index (χ1v) is 35.5. The number of aromatic nitrogens is 4. The molecular formula is C70H87Cl2N5O10S2. The summed E-state index contributed by atoms with van der Waals surface area (Å²) in [7, 11) is -7.20. The monoisotopic (exact) mass is 1290 g/mol. The first-order valence-electron chi connectivity index (χ1n) is 30.8. The summed E-state index contributed by atoms with van der Waals surface area (Å²) in [5.74, 6) is 2.74. The minimum atomic E-state index is -3.60. The summed E-state index contributed by atoms with van der Waals surface area (Å²) in [6.07, 6.45) is 12.8. The van der Waals surface area contributed by atoms with E-state index in [0.717, 1.165) is 132 Å². The second-order valence-electron chi connectivity index (χ2n) is 21.4. The number of rotatable bonds is 30. The summed E-state index contributed by atoms with van der Waals surface area (Å²) in [5, 5.41) is 3.66. The molecule has 0 atom stereocenters. The molecule has 5 heterocycles. The molecule has 0 spiro atoms. The topological polar surface area (TPSA) is 190 Å². The number of nitrogens with zero attached hydrogens (tertiary/aromatic N) is 1. The molecule has 0 amide bonds. The zero-order valence-corrected chi connectivity index (χ0v) is 55.5. The van der Waals surface area contributed by atoms with Crippen molar-refractivity contribution in [3.8, 4) is 23.0 Å². The molecule has 8 aromatic rings. The van der Waals surface area contributed by atoms with Gasteiger partial charge in [-0.1, -0.05) is 128 Å². The third-order valence-electron chi connectivity index (χ3n) is 14.9. The highest BCUT2D eigenvalue weighted by molar-refractivity contribution is 7.86. The van der Waals surface area contributed by atoms with E-state index in [4.69, 9.17) is 50.5 Å². The zero-order valence-electron chi connectivity index (χ0n) is 52.4. The van der Waals surface area contributed by atoms with E-state index in [2.05, 4.69) is 132 Å². The Morgan fingerprint density at radius 1 is 0.337 bits per heavy atom. The van der Waals surface area contributed by atoms with Gasteiger partial charge in [-0.25, -0.2) is 0 Å². The van der Waals surface area contributed by atoms with Crippen molar-refractivity contribution < 1.29 is 44.1 Å². The van der Waals surface area contributed by atoms with Gasteiger partial charge in [-0.05, 0) is 152 Å². The van der Waals surface area contributed by atoms with E-state index in [1.807, 2.05) is 72.8 Å². The standard InChI is InChI=1S/C63H70N4O10S2.C6H15N.CH2Cl2/c1-5-7-8-9-10-11-12-13-39-73-49-24-16-45(17-25-49)61-54-32-36-58(66-54)62(46-18-26-50(27-19-46)74-40-42-76-78(3,68)69)56-34-30-52(64-56)60(44-14-22-48(23-15-44)72-38-6-2)53-31-35-57(65-53)63(59-37-33-55(61)67-59)47-20-28-51(29-21-47)75-41-43-77-79(4,70)71;1-4-7(5-2)6-3;2-1-3/h14-37,64-67H,5-13,38-43H2,1-4H3;4-6H2,1-3H3;1H2. The summed E-state index contributed by atoms with van der Waals surface area (Å²) in [5.41, 5.74) is 10.9. The summed E-state index contributed by atoms with van der Waals surface area (Å²) in [6, 6.07) is 48.8. The molecule has 1 aliphatic rings. The van der Waals surface area contributed by atoms with Crippen LogP contribution in [0, 0.1) is 0 Å². The number of nitrogens with one attached hydrogen (secondary N) is 4. The molecule has 89 heavy (non-hydrogen) atoms. The Kier molecular flexibility index (Phi) is 27.7. The van der Waals surface area contributed by atoms with Crippen LogP contribution < -0.4 is 40.3 Å². The van der Waals surface area contributed by atoms with Gasteiger partial charge in [-0.2, -0.15) is 16.8 Å². The summed E-state index contributed by atoms with van der Waals surface area (Å²) >= 11 is 9.53. The van der Waals surface area contributed by atoms with Gasteiger partial charge in [0.2, 0.25) is 0 Å². The minimum absolute atomic E-state index is 0.0618. The second-order valence-corrected chi connectivity index (χ2v) is 25.5. The second kappa shape index (κ2) is 35.4. The van der Waals surface area contributed by atoms with Crippen molar-refractivity contribution in [2.45, 2.75) is 92.4 Å². The van der Waals surface area contributed by atoms with E-state index < -0.39 is 20.2 Å². The van der Waals surface area contributed by atoms with Gasteiger partial charge >= 0.3 is 0 Å². The predicted molar refractivity (Wildman–Crippen MR) is 360 cm³/mol. The summed E-state index contributed by atoms with van der Waals surface area (Å²) < 4.78 is 80.3. The van der Waals surface area contributed by atoms with Gasteiger partial charge < -0.3 is 43.8 Å². The van der Waals surface area contributed by atoms with Crippen LogP contribution in [-0.2, 0) is 28.6 Å². The number of unbranched alkanes of at least 4 members (excludes halogenated alkanes) is 7. The van der Waals surface area contributed by atoms with Crippen LogP contribution in [0.4, 0.5) is 0 Å². The quantitative estimate of drug-likeness (QED) is 0.0190. The van der Waals surface area contributed by atoms with E-state index in [1.54, 1.807) is 0 Å². The van der Waals surface area contributed by atoms with Crippen LogP contribution in [0.15, 0.2) is 146 Å². The summed E-state index contributed by atoms with van der Waals surface area (Å²) in [6.45, 7) is 15.7. The Hall–Kier alpha value is -6.96. The lowest BCUT2D eigenvalue weighted by Crippen LogP contribution is -2.21. The maximum atomic E-state index is 11.6. The predicted octanol–water partition coefficient (Wildman–Crippen LogP) is 12.1. The molecule has 8 bridgehead atoms. The number of halogens is 2. The zero-order chi connectivity index (χ0) is 63.6. The fourth-order valence-corrected chi connectivity index (χ4v) is 11.2. The van der Waals surface area contributed by atoms with Crippen molar-refractivity contribution in [3.63, 3.8) is 0 Å². The largest absolute Gasteiger partial charge is 0.494 e. The van der Waals surface area contributed by atoms with Crippen LogP contribution in [0.25, 0.3) is 22.3 Å². The van der Waals surface area contributed by atoms with Crippen molar-refractivity contribution in [1.29, 1.82) is 0 Å². The van der Waals surface area contributed by atoms with E-state index in [9.17, 15) is 16.8 Å². The average Bonchev–Trinajstić information content (AvgIpc) is 1.89. The normalized spacial score (nSPS) is 12.3. The molecule has 0 radical (unpaired) electrons. The van der Waals surface area contributed by atoms with Crippen molar-refractivity contribution in [2.24, 2.45) is 0 Å². The third kappa shape index (κ3) is 21.3. The molecule has 0 saturated carbocycles. The third-order valence-corrected chi connectivity index (χ3v) is 16.0. The van der Waals surface area contributed by atoms with Gasteiger partial charge in [-0.3, -0.25) is 8.37 Å². The molecular weight excluding hydrogens is 1210 g/mol. The Bertz CT molecular complexity index is 3920. The number of hydrogen-bond acceptors (Lipinski definition) is 11. The molecule has 9 rings (SSSR count). The van der Waals surface area contributed by atoms with Gasteiger partial charge in [0.25, 0.3) is 20.2 Å². The van der Waals surface area contributed by atoms with Crippen LogP contribution >= 0.6 is 23.2 Å². The highest BCUT2D eigenvalue weighted by atomic mass is 35.5. The van der Waals surface area contributed by atoms with Crippen LogP contribution in [0.2, 0.25) is 0 Å². The fourth-order valence-electron chi connectivity index (χ4n) is 10.4. The number of aromatic amines is 4. The molecule has 478 valence electrons.